The van der Waals surface area contributed by atoms with E-state index >= 15 is 0 Å². The molecule has 1 rings (SSSR count). The highest BCUT2D eigenvalue weighted by atomic mass is 16.4. The number of aliphatic carboxylic acids is 1. The van der Waals surface area contributed by atoms with E-state index in [1.165, 1.54) is 0 Å². The molecule has 0 bridgehead atoms. The number of urea groups is 1. The molecule has 7 heteroatoms. The molecule has 0 heterocycles. The Morgan fingerprint density at radius 1 is 1.20 bits per heavy atom. The summed E-state index contributed by atoms with van der Waals surface area (Å²) < 4.78 is 0. The van der Waals surface area contributed by atoms with Crippen LogP contribution in [0.3, 0.4) is 0 Å². The lowest BCUT2D eigenvalue weighted by Crippen LogP contribution is -2.46. The molecule has 3 N–H and O–H groups in total. The Bertz CT molecular complexity index is 367. The van der Waals surface area contributed by atoms with Gasteiger partial charge in [-0.05, 0) is 25.2 Å². The molecule has 0 aromatic carbocycles. The van der Waals surface area contributed by atoms with E-state index in [-0.39, 0.29) is 18.6 Å². The molecule has 1 aliphatic carbocycles. The third kappa shape index (κ3) is 6.40. The number of nitrogens with one attached hydrogen (secondary N) is 2. The van der Waals surface area contributed by atoms with Crippen LogP contribution in [0.4, 0.5) is 4.79 Å². The Morgan fingerprint density at radius 3 is 2.35 bits per heavy atom. The summed E-state index contributed by atoms with van der Waals surface area (Å²) in [5.74, 6) is -1.09. The van der Waals surface area contributed by atoms with Gasteiger partial charge in [-0.2, -0.15) is 0 Å². The molecular formula is C13H23N3O4. The Balaban J connectivity index is 2.31. The summed E-state index contributed by atoms with van der Waals surface area (Å²) in [5.41, 5.74) is 0. The molecule has 0 saturated heterocycles. The summed E-state index contributed by atoms with van der Waals surface area (Å²) in [6.07, 6.45) is 2.95. The lowest BCUT2D eigenvalue weighted by atomic mass is 10.1. The summed E-state index contributed by atoms with van der Waals surface area (Å²) in [5, 5.41) is 13.2. The largest absolute Gasteiger partial charge is 0.480 e. The van der Waals surface area contributed by atoms with Gasteiger partial charge in [-0.1, -0.05) is 13.8 Å². The van der Waals surface area contributed by atoms with Crippen molar-refractivity contribution in [1.82, 2.24) is 15.5 Å². The van der Waals surface area contributed by atoms with E-state index in [1.807, 2.05) is 0 Å². The van der Waals surface area contributed by atoms with E-state index < -0.39 is 18.4 Å². The van der Waals surface area contributed by atoms with Gasteiger partial charge in [-0.25, -0.2) is 4.79 Å². The number of rotatable bonds is 8. The van der Waals surface area contributed by atoms with Crippen LogP contribution in [0.15, 0.2) is 0 Å². The third-order valence-electron chi connectivity index (χ3n) is 3.03. The molecule has 0 atom stereocenters. The zero-order valence-corrected chi connectivity index (χ0v) is 12.0. The lowest BCUT2D eigenvalue weighted by molar-refractivity contribution is -0.137. The Hall–Kier alpha value is -1.79. The van der Waals surface area contributed by atoms with Crippen molar-refractivity contribution in [3.05, 3.63) is 0 Å². The van der Waals surface area contributed by atoms with E-state index in [0.29, 0.717) is 12.5 Å². The van der Waals surface area contributed by atoms with Crippen LogP contribution < -0.4 is 10.6 Å². The van der Waals surface area contributed by atoms with Gasteiger partial charge in [0.2, 0.25) is 5.91 Å². The average Bonchev–Trinajstić information content (AvgIpc) is 3.18. The predicted molar refractivity (Wildman–Crippen MR) is 73.2 cm³/mol. The van der Waals surface area contributed by atoms with Crippen LogP contribution in [0.1, 0.15) is 33.1 Å². The molecular weight excluding hydrogens is 262 g/mol. The molecule has 0 spiro atoms. The predicted octanol–water partition coefficient (Wildman–Crippen LogP) is 0.407. The fraction of sp³-hybridized carbons (Fsp3) is 0.769. The minimum absolute atomic E-state index is 0.197. The minimum Gasteiger partial charge on any atom is -0.480 e. The molecule has 1 fully saturated rings. The van der Waals surface area contributed by atoms with E-state index in [0.717, 1.165) is 19.3 Å². The zero-order valence-electron chi connectivity index (χ0n) is 12.0. The van der Waals surface area contributed by atoms with Crippen LogP contribution in [0.2, 0.25) is 0 Å². The first kappa shape index (κ1) is 16.3. The van der Waals surface area contributed by atoms with E-state index in [9.17, 15) is 14.4 Å². The lowest BCUT2D eigenvalue weighted by Gasteiger charge is -2.23. The van der Waals surface area contributed by atoms with E-state index in [1.54, 1.807) is 4.90 Å². The molecule has 0 radical (unpaired) electrons. The van der Waals surface area contributed by atoms with Gasteiger partial charge >= 0.3 is 12.0 Å². The number of carboxylic acid groups (broad SMARTS) is 1. The SMILES string of the molecule is CC(C)CCN(C(=O)NCC(=O)NCC(=O)O)C1CC1. The second-order valence-electron chi connectivity index (χ2n) is 5.44. The molecule has 114 valence electrons. The van der Waals surface area contributed by atoms with Crippen molar-refractivity contribution in [2.24, 2.45) is 5.92 Å². The van der Waals surface area contributed by atoms with Crippen molar-refractivity contribution >= 4 is 17.9 Å². The maximum absolute atomic E-state index is 12.0. The minimum atomic E-state index is -1.11. The number of hydrogen-bond donors (Lipinski definition) is 3. The fourth-order valence-electron chi connectivity index (χ4n) is 1.73. The zero-order chi connectivity index (χ0) is 15.1. The smallest absolute Gasteiger partial charge is 0.322 e. The van der Waals surface area contributed by atoms with Gasteiger partial charge in [0.15, 0.2) is 0 Å². The number of hydrogen-bond acceptors (Lipinski definition) is 3. The van der Waals surface area contributed by atoms with Crippen molar-refractivity contribution in [2.75, 3.05) is 19.6 Å². The van der Waals surface area contributed by atoms with Gasteiger partial charge in [-0.3, -0.25) is 9.59 Å². The average molecular weight is 285 g/mol. The molecule has 3 amide bonds. The van der Waals surface area contributed by atoms with Crippen LogP contribution >= 0.6 is 0 Å². The van der Waals surface area contributed by atoms with Gasteiger partial charge in [0.1, 0.15) is 6.54 Å². The van der Waals surface area contributed by atoms with Gasteiger partial charge in [0.25, 0.3) is 0 Å². The highest BCUT2D eigenvalue weighted by Crippen LogP contribution is 2.27. The van der Waals surface area contributed by atoms with E-state index in [2.05, 4.69) is 24.5 Å². The molecule has 1 aliphatic rings. The van der Waals surface area contributed by atoms with Crippen molar-refractivity contribution in [1.29, 1.82) is 0 Å². The first-order valence-electron chi connectivity index (χ1n) is 6.93. The molecule has 0 aromatic rings. The number of carboxylic acids is 1. The van der Waals surface area contributed by atoms with Crippen LogP contribution in [0, 0.1) is 5.92 Å². The monoisotopic (exact) mass is 285 g/mol. The second-order valence-corrected chi connectivity index (χ2v) is 5.44. The summed E-state index contributed by atoms with van der Waals surface area (Å²) >= 11 is 0. The standard InChI is InChI=1S/C13H23N3O4/c1-9(2)5-6-16(10-3-4-10)13(20)15-7-11(17)14-8-12(18)19/h9-10H,3-8H2,1-2H3,(H,14,17)(H,15,20)(H,18,19). The number of carbonyl (C=O) groups is 3. The summed E-state index contributed by atoms with van der Waals surface area (Å²) in [7, 11) is 0. The quantitative estimate of drug-likeness (QED) is 0.601. The van der Waals surface area contributed by atoms with E-state index in [4.69, 9.17) is 5.11 Å². The topological polar surface area (TPSA) is 98.7 Å². The fourth-order valence-corrected chi connectivity index (χ4v) is 1.73. The second kappa shape index (κ2) is 7.72. The summed E-state index contributed by atoms with van der Waals surface area (Å²) in [6, 6.07) is 0.0365. The first-order valence-corrected chi connectivity index (χ1v) is 6.93. The number of amides is 3. The highest BCUT2D eigenvalue weighted by Gasteiger charge is 2.32. The van der Waals surface area contributed by atoms with Crippen LogP contribution in [-0.2, 0) is 9.59 Å². The normalized spacial score (nSPS) is 13.9. The van der Waals surface area contributed by atoms with Gasteiger partial charge < -0.3 is 20.6 Å². The summed E-state index contributed by atoms with van der Waals surface area (Å²) in [6.45, 7) is 4.25. The Kier molecular flexibility index (Phi) is 6.27. The molecule has 0 aliphatic heterocycles. The molecule has 7 nitrogen and oxygen atoms in total. The van der Waals surface area contributed by atoms with Crippen molar-refractivity contribution < 1.29 is 19.5 Å². The Morgan fingerprint density at radius 2 is 1.85 bits per heavy atom. The maximum Gasteiger partial charge on any atom is 0.322 e. The molecule has 1 saturated carbocycles. The third-order valence-corrected chi connectivity index (χ3v) is 3.03. The molecule has 0 aromatic heterocycles. The van der Waals surface area contributed by atoms with Crippen LogP contribution in [-0.4, -0.2) is 53.6 Å². The molecule has 20 heavy (non-hydrogen) atoms. The van der Waals surface area contributed by atoms with Crippen molar-refractivity contribution in [3.63, 3.8) is 0 Å². The van der Waals surface area contributed by atoms with Gasteiger partial charge in [0, 0.05) is 12.6 Å². The number of carbonyl (C=O) groups excluding carboxylic acids is 2. The highest BCUT2D eigenvalue weighted by molar-refractivity contribution is 5.86. The number of nitrogens with zero attached hydrogens (tertiary/aromatic N) is 1. The van der Waals surface area contributed by atoms with Gasteiger partial charge in [-0.15, -0.1) is 0 Å². The maximum atomic E-state index is 12.0. The van der Waals surface area contributed by atoms with Crippen LogP contribution in [0.25, 0.3) is 0 Å². The van der Waals surface area contributed by atoms with Gasteiger partial charge in [0.05, 0.1) is 6.54 Å². The first-order chi connectivity index (χ1) is 9.40. The molecule has 0 unspecified atom stereocenters. The van der Waals surface area contributed by atoms with Crippen LogP contribution in [0.5, 0.6) is 0 Å². The van der Waals surface area contributed by atoms with Crippen molar-refractivity contribution in [2.45, 2.75) is 39.2 Å². The summed E-state index contributed by atoms with van der Waals surface area (Å²) in [4.78, 5) is 35.4. The van der Waals surface area contributed by atoms with Crippen molar-refractivity contribution in [3.8, 4) is 0 Å². The Labute approximate surface area is 118 Å².